The van der Waals surface area contributed by atoms with Crippen molar-refractivity contribution in [3.8, 4) is 0 Å². The fourth-order valence-electron chi connectivity index (χ4n) is 2.50. The fourth-order valence-corrected chi connectivity index (χ4v) is 2.62. The van der Waals surface area contributed by atoms with E-state index in [0.29, 0.717) is 22.0 Å². The maximum atomic E-state index is 12.6. The van der Waals surface area contributed by atoms with Crippen LogP contribution < -0.4 is 10.6 Å². The zero-order valence-electron chi connectivity index (χ0n) is 15.2. The first kappa shape index (κ1) is 20.1. The highest BCUT2D eigenvalue weighted by atomic mass is 35.5. The van der Waals surface area contributed by atoms with Crippen LogP contribution in [0.4, 0.5) is 11.4 Å². The van der Waals surface area contributed by atoms with Crippen LogP contribution in [0, 0.1) is 0 Å². The largest absolute Gasteiger partial charge is 0.452 e. The van der Waals surface area contributed by atoms with Crippen LogP contribution in [0.5, 0.6) is 0 Å². The van der Waals surface area contributed by atoms with Gasteiger partial charge in [0.15, 0.2) is 6.61 Å². The predicted molar refractivity (Wildman–Crippen MR) is 111 cm³/mol. The summed E-state index contributed by atoms with van der Waals surface area (Å²) in [5.41, 5.74) is 1.49. The van der Waals surface area contributed by atoms with E-state index in [1.165, 1.54) is 0 Å². The average molecular weight is 409 g/mol. The molecule has 2 amide bonds. The summed E-state index contributed by atoms with van der Waals surface area (Å²) < 4.78 is 5.01. The van der Waals surface area contributed by atoms with Crippen LogP contribution in [0.25, 0.3) is 0 Å². The SMILES string of the molecule is O=C(COC(=O)c1ccccc1)Nc1ccccc1C(=O)Nc1ccc(Cl)cc1. The van der Waals surface area contributed by atoms with Gasteiger partial charge in [-0.25, -0.2) is 4.79 Å². The number of halogens is 1. The van der Waals surface area contributed by atoms with Gasteiger partial charge in [-0.05, 0) is 48.5 Å². The molecule has 3 rings (SSSR count). The predicted octanol–water partition coefficient (Wildman–Crippen LogP) is 4.39. The van der Waals surface area contributed by atoms with E-state index in [-0.39, 0.29) is 5.56 Å². The van der Waals surface area contributed by atoms with E-state index in [2.05, 4.69) is 10.6 Å². The highest BCUT2D eigenvalue weighted by Crippen LogP contribution is 2.19. The third-order valence-electron chi connectivity index (χ3n) is 3.89. The zero-order chi connectivity index (χ0) is 20.6. The third-order valence-corrected chi connectivity index (χ3v) is 4.14. The maximum Gasteiger partial charge on any atom is 0.338 e. The van der Waals surface area contributed by atoms with Crippen molar-refractivity contribution in [1.29, 1.82) is 0 Å². The van der Waals surface area contributed by atoms with Crippen LogP contribution in [-0.2, 0) is 9.53 Å². The molecule has 0 heterocycles. The van der Waals surface area contributed by atoms with Gasteiger partial charge in [0.25, 0.3) is 11.8 Å². The standard InChI is InChI=1S/C22H17ClN2O4/c23-16-10-12-17(13-11-16)24-21(27)18-8-4-5-9-19(18)25-20(26)14-29-22(28)15-6-2-1-3-7-15/h1-13H,14H2,(H,24,27)(H,25,26). The van der Waals surface area contributed by atoms with E-state index < -0.39 is 24.4 Å². The molecule has 2 N–H and O–H groups in total. The third kappa shape index (κ3) is 5.67. The number of para-hydroxylation sites is 1. The van der Waals surface area contributed by atoms with Crippen LogP contribution in [0.15, 0.2) is 78.9 Å². The minimum absolute atomic E-state index is 0.269. The highest BCUT2D eigenvalue weighted by Gasteiger charge is 2.15. The van der Waals surface area contributed by atoms with E-state index in [9.17, 15) is 14.4 Å². The number of hydrogen-bond donors (Lipinski definition) is 2. The molecule has 0 aliphatic rings. The number of benzene rings is 3. The van der Waals surface area contributed by atoms with Gasteiger partial charge in [0, 0.05) is 10.7 Å². The van der Waals surface area contributed by atoms with Gasteiger partial charge in [-0.3, -0.25) is 9.59 Å². The van der Waals surface area contributed by atoms with Crippen LogP contribution in [-0.4, -0.2) is 24.4 Å². The molecule has 3 aromatic rings. The zero-order valence-corrected chi connectivity index (χ0v) is 16.0. The Morgan fingerprint density at radius 1 is 0.793 bits per heavy atom. The first-order valence-electron chi connectivity index (χ1n) is 8.71. The Labute approximate surface area is 172 Å². The number of amides is 2. The van der Waals surface area contributed by atoms with Crippen molar-refractivity contribution in [2.24, 2.45) is 0 Å². The second kappa shape index (κ2) is 9.52. The maximum absolute atomic E-state index is 12.6. The van der Waals surface area contributed by atoms with Crippen molar-refractivity contribution in [2.75, 3.05) is 17.2 Å². The molecule has 0 aliphatic carbocycles. The lowest BCUT2D eigenvalue weighted by molar-refractivity contribution is -0.119. The Balaban J connectivity index is 1.62. The van der Waals surface area contributed by atoms with Gasteiger partial charge in [0.05, 0.1) is 16.8 Å². The summed E-state index contributed by atoms with van der Waals surface area (Å²) in [6.07, 6.45) is 0. The fraction of sp³-hybridized carbons (Fsp3) is 0.0455. The summed E-state index contributed by atoms with van der Waals surface area (Å²) >= 11 is 5.84. The number of carbonyl (C=O) groups is 3. The molecule has 0 atom stereocenters. The molecular formula is C22H17ClN2O4. The Morgan fingerprint density at radius 2 is 1.45 bits per heavy atom. The Hall–Kier alpha value is -3.64. The van der Waals surface area contributed by atoms with Crippen LogP contribution in [0.1, 0.15) is 20.7 Å². The van der Waals surface area contributed by atoms with Crippen LogP contribution >= 0.6 is 11.6 Å². The van der Waals surface area contributed by atoms with Gasteiger partial charge in [-0.2, -0.15) is 0 Å². The van der Waals surface area contributed by atoms with Crippen molar-refractivity contribution in [3.05, 3.63) is 95.0 Å². The quantitative estimate of drug-likeness (QED) is 0.592. The van der Waals surface area contributed by atoms with Crippen LogP contribution in [0.2, 0.25) is 5.02 Å². The Morgan fingerprint density at radius 3 is 2.17 bits per heavy atom. The molecule has 0 aliphatic heterocycles. The van der Waals surface area contributed by atoms with E-state index in [1.54, 1.807) is 78.9 Å². The minimum Gasteiger partial charge on any atom is -0.452 e. The lowest BCUT2D eigenvalue weighted by Crippen LogP contribution is -2.23. The van der Waals surface area contributed by atoms with Crippen LogP contribution in [0.3, 0.4) is 0 Å². The van der Waals surface area contributed by atoms with Gasteiger partial charge in [-0.1, -0.05) is 41.9 Å². The van der Waals surface area contributed by atoms with Crippen molar-refractivity contribution in [2.45, 2.75) is 0 Å². The molecule has 146 valence electrons. The second-order valence-electron chi connectivity index (χ2n) is 6.00. The topological polar surface area (TPSA) is 84.5 Å². The molecule has 0 saturated heterocycles. The van der Waals surface area contributed by atoms with Gasteiger partial charge in [-0.15, -0.1) is 0 Å². The first-order chi connectivity index (χ1) is 14.0. The van der Waals surface area contributed by atoms with Crippen molar-refractivity contribution in [1.82, 2.24) is 0 Å². The lowest BCUT2D eigenvalue weighted by Gasteiger charge is -2.12. The molecule has 0 spiro atoms. The van der Waals surface area contributed by atoms with Crippen molar-refractivity contribution >= 4 is 40.8 Å². The molecular weight excluding hydrogens is 392 g/mol. The summed E-state index contributed by atoms with van der Waals surface area (Å²) in [5.74, 6) is -1.56. The molecule has 0 radical (unpaired) electrons. The number of anilines is 2. The van der Waals surface area contributed by atoms with Gasteiger partial charge in [0.1, 0.15) is 0 Å². The molecule has 7 heteroatoms. The summed E-state index contributed by atoms with van der Waals surface area (Å²) in [6, 6.07) is 21.6. The number of ether oxygens (including phenoxy) is 1. The molecule has 0 fully saturated rings. The van der Waals surface area contributed by atoms with Crippen molar-refractivity contribution in [3.63, 3.8) is 0 Å². The number of nitrogens with one attached hydrogen (secondary N) is 2. The molecule has 3 aromatic carbocycles. The van der Waals surface area contributed by atoms with E-state index in [4.69, 9.17) is 16.3 Å². The monoisotopic (exact) mass is 408 g/mol. The minimum atomic E-state index is -0.602. The number of hydrogen-bond acceptors (Lipinski definition) is 4. The van der Waals surface area contributed by atoms with Gasteiger partial charge < -0.3 is 15.4 Å². The molecule has 29 heavy (non-hydrogen) atoms. The molecule has 0 bridgehead atoms. The number of esters is 1. The van der Waals surface area contributed by atoms with Gasteiger partial charge >= 0.3 is 5.97 Å². The summed E-state index contributed by atoms with van der Waals surface area (Å²) in [4.78, 5) is 36.7. The number of carbonyl (C=O) groups excluding carboxylic acids is 3. The average Bonchev–Trinajstić information content (AvgIpc) is 2.74. The van der Waals surface area contributed by atoms with E-state index in [1.807, 2.05) is 0 Å². The van der Waals surface area contributed by atoms with Gasteiger partial charge in [0.2, 0.25) is 0 Å². The highest BCUT2D eigenvalue weighted by molar-refractivity contribution is 6.30. The normalized spacial score (nSPS) is 10.1. The molecule has 0 saturated carbocycles. The number of rotatable bonds is 6. The molecule has 0 unspecified atom stereocenters. The van der Waals surface area contributed by atoms with E-state index >= 15 is 0 Å². The van der Waals surface area contributed by atoms with Crippen molar-refractivity contribution < 1.29 is 19.1 Å². The first-order valence-corrected chi connectivity index (χ1v) is 9.09. The summed E-state index contributed by atoms with van der Waals surface area (Å²) in [5, 5.41) is 5.89. The van der Waals surface area contributed by atoms with E-state index in [0.717, 1.165) is 0 Å². The smallest absolute Gasteiger partial charge is 0.338 e. The Kier molecular flexibility index (Phi) is 6.60. The summed E-state index contributed by atoms with van der Waals surface area (Å²) in [7, 11) is 0. The lowest BCUT2D eigenvalue weighted by atomic mass is 10.1. The second-order valence-corrected chi connectivity index (χ2v) is 6.43. The molecule has 0 aromatic heterocycles. The molecule has 6 nitrogen and oxygen atoms in total. The summed E-state index contributed by atoms with van der Waals surface area (Å²) in [6.45, 7) is -0.471. The Bertz CT molecular complexity index is 1020.